The molecule has 1 atom stereocenters. The van der Waals surface area contributed by atoms with E-state index in [1.54, 1.807) is 4.90 Å². The number of carbonyl (C=O) groups is 1. The maximum atomic E-state index is 11.7. The van der Waals surface area contributed by atoms with Crippen molar-refractivity contribution in [3.05, 3.63) is 0 Å². The van der Waals surface area contributed by atoms with Gasteiger partial charge >= 0.3 is 6.03 Å². The molecule has 0 aromatic heterocycles. The number of sulfone groups is 1. The van der Waals surface area contributed by atoms with E-state index in [0.29, 0.717) is 19.5 Å². The number of hydrogen-bond donors (Lipinski definition) is 1. The third-order valence-electron chi connectivity index (χ3n) is 2.68. The fourth-order valence-corrected chi connectivity index (χ4v) is 2.86. The maximum Gasteiger partial charge on any atom is 0.317 e. The monoisotopic (exact) mass is 248 g/mol. The van der Waals surface area contributed by atoms with Crippen molar-refractivity contribution < 1.29 is 13.2 Å². The lowest BCUT2D eigenvalue weighted by atomic mass is 10.1. The van der Waals surface area contributed by atoms with Gasteiger partial charge in [-0.25, -0.2) is 13.2 Å². The second-order valence-electron chi connectivity index (χ2n) is 4.64. The lowest BCUT2D eigenvalue weighted by molar-refractivity contribution is 0.185. The van der Waals surface area contributed by atoms with Crippen molar-refractivity contribution in [2.45, 2.75) is 38.0 Å². The Bertz CT molecular complexity index is 351. The summed E-state index contributed by atoms with van der Waals surface area (Å²) in [4.78, 5) is 13.3. The number of piperidine rings is 1. The lowest BCUT2D eigenvalue weighted by Crippen LogP contribution is -2.50. The van der Waals surface area contributed by atoms with Gasteiger partial charge in [-0.2, -0.15) is 0 Å². The van der Waals surface area contributed by atoms with E-state index >= 15 is 0 Å². The maximum absolute atomic E-state index is 11.7. The van der Waals surface area contributed by atoms with E-state index in [0.717, 1.165) is 6.42 Å². The first-order valence-electron chi connectivity index (χ1n) is 5.55. The van der Waals surface area contributed by atoms with Crippen molar-refractivity contribution >= 4 is 15.9 Å². The number of urea groups is 1. The largest absolute Gasteiger partial charge is 0.336 e. The Kier molecular flexibility index (Phi) is 4.18. The first-order chi connectivity index (χ1) is 7.30. The van der Waals surface area contributed by atoms with Gasteiger partial charge in [0.15, 0.2) is 9.84 Å². The van der Waals surface area contributed by atoms with E-state index in [4.69, 9.17) is 0 Å². The second-order valence-corrected chi connectivity index (χ2v) is 6.97. The van der Waals surface area contributed by atoms with Crippen LogP contribution in [-0.2, 0) is 9.84 Å². The summed E-state index contributed by atoms with van der Waals surface area (Å²) in [6.45, 7) is 4.73. The highest BCUT2D eigenvalue weighted by molar-refractivity contribution is 7.91. The smallest absolute Gasteiger partial charge is 0.317 e. The number of nitrogens with zero attached hydrogens (tertiary/aromatic N) is 1. The molecule has 1 rings (SSSR count). The van der Waals surface area contributed by atoms with Crippen LogP contribution >= 0.6 is 0 Å². The number of likely N-dealkylation sites (tertiary alicyclic amines) is 1. The minimum absolute atomic E-state index is 0.0751. The molecule has 0 radical (unpaired) electrons. The van der Waals surface area contributed by atoms with Gasteiger partial charge in [0, 0.05) is 25.4 Å². The summed E-state index contributed by atoms with van der Waals surface area (Å²) in [6.07, 6.45) is 2.65. The van der Waals surface area contributed by atoms with Gasteiger partial charge in [-0.1, -0.05) is 0 Å². The van der Waals surface area contributed by atoms with Gasteiger partial charge in [-0.15, -0.1) is 0 Å². The summed E-state index contributed by atoms with van der Waals surface area (Å²) >= 11 is 0. The summed E-state index contributed by atoms with van der Waals surface area (Å²) in [5.74, 6) is 0. The second kappa shape index (κ2) is 5.03. The molecule has 6 heteroatoms. The Morgan fingerprint density at radius 2 is 2.06 bits per heavy atom. The predicted octanol–water partition coefficient (Wildman–Crippen LogP) is 0.613. The molecule has 0 aromatic carbocycles. The summed E-state index contributed by atoms with van der Waals surface area (Å²) in [5, 5.41) is 2.37. The standard InChI is InChI=1S/C10H20N2O3S/c1-8(2)11-10(13)12-6-4-5-9(7-12)16(3,14)15/h8-9H,4-7H2,1-3H3,(H,11,13)/t9-/m0/s1. The number of carbonyl (C=O) groups excluding carboxylic acids is 1. The van der Waals surface area contributed by atoms with E-state index in [-0.39, 0.29) is 12.1 Å². The quantitative estimate of drug-likeness (QED) is 0.778. The zero-order chi connectivity index (χ0) is 12.3. The first kappa shape index (κ1) is 13.3. The topological polar surface area (TPSA) is 66.5 Å². The SMILES string of the molecule is CC(C)NC(=O)N1CCC[C@H](S(C)(=O)=O)C1. The molecule has 0 bridgehead atoms. The van der Waals surface area contributed by atoms with Gasteiger partial charge in [0.05, 0.1) is 5.25 Å². The average molecular weight is 248 g/mol. The molecule has 0 saturated carbocycles. The van der Waals surface area contributed by atoms with Gasteiger partial charge in [-0.05, 0) is 26.7 Å². The molecule has 0 aliphatic carbocycles. The highest BCUT2D eigenvalue weighted by atomic mass is 32.2. The van der Waals surface area contributed by atoms with Crippen LogP contribution in [0.4, 0.5) is 4.79 Å². The van der Waals surface area contributed by atoms with Crippen LogP contribution in [0.25, 0.3) is 0 Å². The number of hydrogen-bond acceptors (Lipinski definition) is 3. The van der Waals surface area contributed by atoms with E-state index in [1.165, 1.54) is 6.26 Å². The molecule has 16 heavy (non-hydrogen) atoms. The van der Waals surface area contributed by atoms with Gasteiger partial charge in [0.25, 0.3) is 0 Å². The Balaban J connectivity index is 2.60. The van der Waals surface area contributed by atoms with Gasteiger partial charge in [-0.3, -0.25) is 0 Å². The van der Waals surface area contributed by atoms with Crippen molar-refractivity contribution in [2.24, 2.45) is 0 Å². The van der Waals surface area contributed by atoms with Gasteiger partial charge in [0.2, 0.25) is 0 Å². The van der Waals surface area contributed by atoms with Crippen LogP contribution in [0.15, 0.2) is 0 Å². The van der Waals surface area contributed by atoms with E-state index in [2.05, 4.69) is 5.32 Å². The molecule has 1 N–H and O–H groups in total. The summed E-state index contributed by atoms with van der Waals surface area (Å²) in [5.41, 5.74) is 0. The van der Waals surface area contributed by atoms with E-state index in [1.807, 2.05) is 13.8 Å². The fourth-order valence-electron chi connectivity index (χ4n) is 1.81. The van der Waals surface area contributed by atoms with Crippen molar-refractivity contribution in [1.29, 1.82) is 0 Å². The Morgan fingerprint density at radius 3 is 2.56 bits per heavy atom. The van der Waals surface area contributed by atoms with E-state index in [9.17, 15) is 13.2 Å². The van der Waals surface area contributed by atoms with Crippen molar-refractivity contribution in [3.8, 4) is 0 Å². The zero-order valence-electron chi connectivity index (χ0n) is 10.1. The first-order valence-corrected chi connectivity index (χ1v) is 7.50. The molecular formula is C10H20N2O3S. The van der Waals surface area contributed by atoms with Crippen LogP contribution in [0.3, 0.4) is 0 Å². The molecule has 0 unspecified atom stereocenters. The molecule has 1 saturated heterocycles. The highest BCUT2D eigenvalue weighted by Gasteiger charge is 2.29. The summed E-state index contributed by atoms with van der Waals surface area (Å²) < 4.78 is 22.8. The Morgan fingerprint density at radius 1 is 1.44 bits per heavy atom. The predicted molar refractivity (Wildman–Crippen MR) is 63.1 cm³/mol. The minimum atomic E-state index is -3.04. The van der Waals surface area contributed by atoms with Crippen LogP contribution in [0.1, 0.15) is 26.7 Å². The Labute approximate surface area is 97.1 Å². The fraction of sp³-hybridized carbons (Fsp3) is 0.900. The van der Waals surface area contributed by atoms with Crippen LogP contribution in [0.2, 0.25) is 0 Å². The van der Waals surface area contributed by atoms with Crippen molar-refractivity contribution in [3.63, 3.8) is 0 Å². The Hall–Kier alpha value is -0.780. The summed E-state index contributed by atoms with van der Waals surface area (Å²) in [6, 6.07) is -0.0885. The average Bonchev–Trinajstić information content (AvgIpc) is 2.15. The van der Waals surface area contributed by atoms with Crippen LogP contribution in [0, 0.1) is 0 Å². The number of rotatable bonds is 2. The minimum Gasteiger partial charge on any atom is -0.336 e. The van der Waals surface area contributed by atoms with Crippen molar-refractivity contribution in [2.75, 3.05) is 19.3 Å². The molecule has 94 valence electrons. The number of nitrogens with one attached hydrogen (secondary N) is 1. The molecule has 5 nitrogen and oxygen atoms in total. The molecular weight excluding hydrogens is 228 g/mol. The van der Waals surface area contributed by atoms with Crippen LogP contribution in [-0.4, -0.2) is 50.0 Å². The van der Waals surface area contributed by atoms with E-state index < -0.39 is 15.1 Å². The molecule has 1 fully saturated rings. The third-order valence-corrected chi connectivity index (χ3v) is 4.28. The molecule has 1 heterocycles. The normalized spacial score (nSPS) is 22.2. The van der Waals surface area contributed by atoms with Crippen LogP contribution < -0.4 is 5.32 Å². The summed E-state index contributed by atoms with van der Waals surface area (Å²) in [7, 11) is -3.04. The highest BCUT2D eigenvalue weighted by Crippen LogP contribution is 2.16. The van der Waals surface area contributed by atoms with Crippen LogP contribution in [0.5, 0.6) is 0 Å². The van der Waals surface area contributed by atoms with Crippen molar-refractivity contribution in [1.82, 2.24) is 10.2 Å². The van der Waals surface area contributed by atoms with Gasteiger partial charge < -0.3 is 10.2 Å². The lowest BCUT2D eigenvalue weighted by Gasteiger charge is -2.32. The molecule has 0 aromatic rings. The molecule has 0 spiro atoms. The zero-order valence-corrected chi connectivity index (χ0v) is 10.9. The third kappa shape index (κ3) is 3.66. The molecule has 1 aliphatic rings. The molecule has 2 amide bonds. The number of amides is 2. The van der Waals surface area contributed by atoms with Gasteiger partial charge in [0.1, 0.15) is 0 Å². The molecule has 1 aliphatic heterocycles.